The normalized spacial score (nSPS) is 12.6. The van der Waals surface area contributed by atoms with Crippen LogP contribution in [0.25, 0.3) is 0 Å². The molecule has 1 rings (SSSR count). The van der Waals surface area contributed by atoms with E-state index in [9.17, 15) is 0 Å². The fraction of sp³-hybridized carbons (Fsp3) is 0.538. The van der Waals surface area contributed by atoms with Crippen LogP contribution in [-0.4, -0.2) is 32.6 Å². The van der Waals surface area contributed by atoms with Crippen molar-refractivity contribution in [1.82, 2.24) is 5.32 Å². The Morgan fingerprint density at radius 1 is 1.47 bits per heavy atom. The van der Waals surface area contributed by atoms with E-state index in [1.54, 1.807) is 7.11 Å². The molecule has 1 aromatic rings. The lowest BCUT2D eigenvalue weighted by Gasteiger charge is -2.15. The summed E-state index contributed by atoms with van der Waals surface area (Å²) in [5.41, 5.74) is 0. The first-order chi connectivity index (χ1) is 8.26. The molecular weight excluding hydrogens is 254 g/mol. The largest absolute Gasteiger partial charge is 0.385 e. The molecule has 1 N–H and O–H groups in total. The van der Waals surface area contributed by atoms with Crippen LogP contribution in [0.1, 0.15) is 12.8 Å². The van der Waals surface area contributed by atoms with Crippen LogP contribution in [-0.2, 0) is 4.74 Å². The molecule has 1 unspecified atom stereocenters. The third-order valence-electron chi connectivity index (χ3n) is 2.56. The second-order valence-corrected chi connectivity index (χ2v) is 5.42. The molecule has 0 saturated heterocycles. The Hall–Kier alpha value is -0.220. The maximum atomic E-state index is 5.95. The Balaban J connectivity index is 2.31. The standard InChI is InChI=1S/C13H20ClNOS/c1-15-12(6-4-8-16-2)10-17-13-7-3-5-11(14)9-13/h3,5,7,9,12,15H,4,6,8,10H2,1-2H3. The minimum Gasteiger partial charge on any atom is -0.385 e. The van der Waals surface area contributed by atoms with E-state index in [1.165, 1.54) is 4.90 Å². The van der Waals surface area contributed by atoms with Crippen LogP contribution in [0, 0.1) is 0 Å². The number of ether oxygens (including phenoxy) is 1. The molecular formula is C13H20ClNOS. The Labute approximate surface area is 113 Å². The van der Waals surface area contributed by atoms with E-state index in [0.29, 0.717) is 6.04 Å². The molecule has 0 bridgehead atoms. The molecule has 96 valence electrons. The Morgan fingerprint density at radius 2 is 2.29 bits per heavy atom. The second kappa shape index (κ2) is 8.81. The number of rotatable bonds is 8. The van der Waals surface area contributed by atoms with Crippen LogP contribution >= 0.6 is 23.4 Å². The van der Waals surface area contributed by atoms with Crippen molar-refractivity contribution in [2.24, 2.45) is 0 Å². The lowest BCUT2D eigenvalue weighted by molar-refractivity contribution is 0.190. The van der Waals surface area contributed by atoms with E-state index < -0.39 is 0 Å². The predicted molar refractivity (Wildman–Crippen MR) is 76.1 cm³/mol. The minimum atomic E-state index is 0.522. The van der Waals surface area contributed by atoms with Crippen molar-refractivity contribution in [3.8, 4) is 0 Å². The summed E-state index contributed by atoms with van der Waals surface area (Å²) >= 11 is 7.79. The van der Waals surface area contributed by atoms with Crippen molar-refractivity contribution in [3.63, 3.8) is 0 Å². The van der Waals surface area contributed by atoms with Crippen LogP contribution < -0.4 is 5.32 Å². The summed E-state index contributed by atoms with van der Waals surface area (Å²) in [6.45, 7) is 0.833. The van der Waals surface area contributed by atoms with Gasteiger partial charge in [-0.15, -0.1) is 11.8 Å². The molecule has 0 spiro atoms. The topological polar surface area (TPSA) is 21.3 Å². The van der Waals surface area contributed by atoms with Crippen LogP contribution in [0.5, 0.6) is 0 Å². The van der Waals surface area contributed by atoms with Gasteiger partial charge in [0.1, 0.15) is 0 Å². The van der Waals surface area contributed by atoms with E-state index in [0.717, 1.165) is 30.2 Å². The van der Waals surface area contributed by atoms with E-state index >= 15 is 0 Å². The summed E-state index contributed by atoms with van der Waals surface area (Å²) in [6, 6.07) is 8.52. The zero-order chi connectivity index (χ0) is 12.5. The molecule has 0 aliphatic carbocycles. The zero-order valence-corrected chi connectivity index (χ0v) is 12.0. The minimum absolute atomic E-state index is 0.522. The van der Waals surface area contributed by atoms with E-state index in [-0.39, 0.29) is 0 Å². The van der Waals surface area contributed by atoms with Crippen molar-refractivity contribution in [3.05, 3.63) is 29.3 Å². The Morgan fingerprint density at radius 3 is 2.94 bits per heavy atom. The molecule has 1 aromatic carbocycles. The highest BCUT2D eigenvalue weighted by Crippen LogP contribution is 2.22. The molecule has 0 aliphatic rings. The molecule has 0 aromatic heterocycles. The van der Waals surface area contributed by atoms with Gasteiger partial charge >= 0.3 is 0 Å². The number of thioether (sulfide) groups is 1. The number of nitrogens with one attached hydrogen (secondary N) is 1. The van der Waals surface area contributed by atoms with Crippen molar-refractivity contribution in [1.29, 1.82) is 0 Å². The number of methoxy groups -OCH3 is 1. The summed E-state index contributed by atoms with van der Waals surface area (Å²) in [4.78, 5) is 1.23. The number of hydrogen-bond acceptors (Lipinski definition) is 3. The highest BCUT2D eigenvalue weighted by Gasteiger charge is 2.06. The van der Waals surface area contributed by atoms with E-state index in [1.807, 2.05) is 37.0 Å². The van der Waals surface area contributed by atoms with Crippen molar-refractivity contribution >= 4 is 23.4 Å². The van der Waals surface area contributed by atoms with Gasteiger partial charge in [0.15, 0.2) is 0 Å². The average Bonchev–Trinajstić information content (AvgIpc) is 2.34. The number of hydrogen-bond donors (Lipinski definition) is 1. The maximum absolute atomic E-state index is 5.95. The van der Waals surface area contributed by atoms with Gasteiger partial charge in [0.2, 0.25) is 0 Å². The third-order valence-corrected chi connectivity index (χ3v) is 3.95. The highest BCUT2D eigenvalue weighted by atomic mass is 35.5. The first kappa shape index (κ1) is 14.8. The Kier molecular flexibility index (Phi) is 7.69. The lowest BCUT2D eigenvalue weighted by atomic mass is 10.2. The molecule has 1 atom stereocenters. The first-order valence-electron chi connectivity index (χ1n) is 5.81. The van der Waals surface area contributed by atoms with Gasteiger partial charge in [0, 0.05) is 35.4 Å². The lowest BCUT2D eigenvalue weighted by Crippen LogP contribution is -2.27. The van der Waals surface area contributed by atoms with Gasteiger partial charge in [-0.1, -0.05) is 17.7 Å². The summed E-state index contributed by atoms with van der Waals surface area (Å²) in [5.74, 6) is 1.06. The monoisotopic (exact) mass is 273 g/mol. The van der Waals surface area contributed by atoms with Gasteiger partial charge in [0.25, 0.3) is 0 Å². The molecule has 0 fully saturated rings. The molecule has 0 heterocycles. The number of halogens is 1. The van der Waals surface area contributed by atoms with Gasteiger partial charge in [-0.05, 0) is 38.1 Å². The maximum Gasteiger partial charge on any atom is 0.0462 e. The summed E-state index contributed by atoms with van der Waals surface area (Å²) in [7, 11) is 3.76. The zero-order valence-electron chi connectivity index (χ0n) is 10.4. The van der Waals surface area contributed by atoms with Crippen LogP contribution in [0.2, 0.25) is 5.02 Å². The highest BCUT2D eigenvalue weighted by molar-refractivity contribution is 7.99. The summed E-state index contributed by atoms with van der Waals surface area (Å²) < 4.78 is 5.06. The molecule has 4 heteroatoms. The van der Waals surface area contributed by atoms with E-state index in [4.69, 9.17) is 16.3 Å². The quantitative estimate of drug-likeness (QED) is 0.579. The van der Waals surface area contributed by atoms with E-state index in [2.05, 4.69) is 11.4 Å². The molecule has 0 amide bonds. The predicted octanol–water partition coefficient (Wildman–Crippen LogP) is 3.45. The molecule has 0 saturated carbocycles. The molecule has 17 heavy (non-hydrogen) atoms. The van der Waals surface area contributed by atoms with Gasteiger partial charge in [-0.2, -0.15) is 0 Å². The fourth-order valence-corrected chi connectivity index (χ4v) is 2.91. The van der Waals surface area contributed by atoms with Crippen molar-refractivity contribution in [2.75, 3.05) is 26.5 Å². The molecule has 0 aliphatic heterocycles. The van der Waals surface area contributed by atoms with Crippen LogP contribution in [0.3, 0.4) is 0 Å². The Bertz CT molecular complexity index is 322. The number of benzene rings is 1. The molecule has 0 radical (unpaired) electrons. The van der Waals surface area contributed by atoms with Gasteiger partial charge in [-0.3, -0.25) is 0 Å². The smallest absolute Gasteiger partial charge is 0.0462 e. The SMILES string of the molecule is CNC(CCCOC)CSc1cccc(Cl)c1. The van der Waals surface area contributed by atoms with Gasteiger partial charge < -0.3 is 10.1 Å². The van der Waals surface area contributed by atoms with Crippen molar-refractivity contribution < 1.29 is 4.74 Å². The van der Waals surface area contributed by atoms with Gasteiger partial charge in [-0.25, -0.2) is 0 Å². The molecule has 2 nitrogen and oxygen atoms in total. The first-order valence-corrected chi connectivity index (χ1v) is 7.17. The third kappa shape index (κ3) is 6.32. The summed E-state index contributed by atoms with van der Waals surface area (Å²) in [6.07, 6.45) is 2.23. The fourth-order valence-electron chi connectivity index (χ4n) is 1.54. The average molecular weight is 274 g/mol. The second-order valence-electron chi connectivity index (χ2n) is 3.89. The van der Waals surface area contributed by atoms with Gasteiger partial charge in [0.05, 0.1) is 0 Å². The van der Waals surface area contributed by atoms with Crippen molar-refractivity contribution in [2.45, 2.75) is 23.8 Å². The van der Waals surface area contributed by atoms with Crippen LogP contribution in [0.15, 0.2) is 29.2 Å². The summed E-state index contributed by atoms with van der Waals surface area (Å²) in [5, 5.41) is 4.14. The van der Waals surface area contributed by atoms with Crippen LogP contribution in [0.4, 0.5) is 0 Å².